The van der Waals surface area contributed by atoms with E-state index < -0.39 is 0 Å². The Balaban J connectivity index is 1.60. The standard InChI is InChI=1S/C30H22N4O/c1-34-27-14-7-11-24(28(27)33-29(34)25-12-8-16-32-30(25)35)22-17-21(20-9-3-2-4-10-20)18-23(19-22)26-13-5-6-15-31-26/h2-19H,1H3,(H,32,35). The van der Waals surface area contributed by atoms with Gasteiger partial charge in [-0.3, -0.25) is 9.78 Å². The van der Waals surface area contributed by atoms with Gasteiger partial charge in [-0.1, -0.05) is 48.5 Å². The maximum Gasteiger partial charge on any atom is 0.258 e. The number of imidazole rings is 1. The van der Waals surface area contributed by atoms with Gasteiger partial charge in [0.25, 0.3) is 5.56 Å². The Kier molecular flexibility index (Phi) is 5.08. The van der Waals surface area contributed by atoms with Crippen molar-refractivity contribution in [3.63, 3.8) is 0 Å². The van der Waals surface area contributed by atoms with E-state index in [9.17, 15) is 4.79 Å². The molecule has 0 aliphatic rings. The fourth-order valence-electron chi connectivity index (χ4n) is 4.55. The molecule has 3 aromatic carbocycles. The highest BCUT2D eigenvalue weighted by Gasteiger charge is 2.17. The van der Waals surface area contributed by atoms with Crippen LogP contribution in [0.5, 0.6) is 0 Å². The van der Waals surface area contributed by atoms with E-state index in [0.717, 1.165) is 44.5 Å². The van der Waals surface area contributed by atoms with Crippen molar-refractivity contribution in [2.45, 2.75) is 0 Å². The van der Waals surface area contributed by atoms with Crippen LogP contribution in [-0.2, 0) is 7.05 Å². The summed E-state index contributed by atoms with van der Waals surface area (Å²) in [4.78, 5) is 24.8. The van der Waals surface area contributed by atoms with E-state index in [0.29, 0.717) is 11.4 Å². The zero-order chi connectivity index (χ0) is 23.8. The number of H-pyrrole nitrogens is 1. The Hall–Kier alpha value is -4.77. The first-order chi connectivity index (χ1) is 17.2. The lowest BCUT2D eigenvalue weighted by Gasteiger charge is -2.11. The molecule has 168 valence electrons. The molecule has 6 aromatic rings. The Morgan fingerprint density at radius 1 is 0.714 bits per heavy atom. The maximum atomic E-state index is 12.5. The number of hydrogen-bond acceptors (Lipinski definition) is 3. The number of benzene rings is 3. The van der Waals surface area contributed by atoms with Crippen LogP contribution in [0.1, 0.15) is 0 Å². The molecule has 0 saturated carbocycles. The van der Waals surface area contributed by atoms with Crippen molar-refractivity contribution >= 4 is 11.0 Å². The summed E-state index contributed by atoms with van der Waals surface area (Å²) >= 11 is 0. The highest BCUT2D eigenvalue weighted by Crippen LogP contribution is 2.36. The number of aromatic nitrogens is 4. The lowest BCUT2D eigenvalue weighted by atomic mass is 9.94. The average molecular weight is 455 g/mol. The second kappa shape index (κ2) is 8.54. The fraction of sp³-hybridized carbons (Fsp3) is 0.0333. The van der Waals surface area contributed by atoms with Gasteiger partial charge in [0.15, 0.2) is 0 Å². The Labute approximate surface area is 202 Å². The Bertz CT molecular complexity index is 1660. The molecule has 5 nitrogen and oxygen atoms in total. The molecule has 5 heteroatoms. The molecule has 0 saturated heterocycles. The lowest BCUT2D eigenvalue weighted by molar-refractivity contribution is 0.954. The second-order valence-corrected chi connectivity index (χ2v) is 8.46. The van der Waals surface area contributed by atoms with Gasteiger partial charge in [-0.15, -0.1) is 0 Å². The SMILES string of the molecule is Cn1c(-c2ccc[nH]c2=O)nc2c(-c3cc(-c4ccccc4)cc(-c4ccccn4)c3)cccc21. The Morgan fingerprint density at radius 3 is 2.29 bits per heavy atom. The highest BCUT2D eigenvalue weighted by molar-refractivity contribution is 5.96. The monoisotopic (exact) mass is 454 g/mol. The summed E-state index contributed by atoms with van der Waals surface area (Å²) < 4.78 is 1.98. The van der Waals surface area contributed by atoms with Gasteiger partial charge in [0.05, 0.1) is 22.3 Å². The van der Waals surface area contributed by atoms with Crippen LogP contribution in [0.2, 0.25) is 0 Å². The van der Waals surface area contributed by atoms with E-state index in [1.165, 1.54) is 0 Å². The van der Waals surface area contributed by atoms with Crippen LogP contribution in [0.4, 0.5) is 0 Å². The first kappa shape index (κ1) is 20.8. The van der Waals surface area contributed by atoms with Gasteiger partial charge < -0.3 is 9.55 Å². The van der Waals surface area contributed by atoms with E-state index in [1.807, 2.05) is 72.4 Å². The number of aryl methyl sites for hydroxylation is 1. The lowest BCUT2D eigenvalue weighted by Crippen LogP contribution is -2.09. The largest absolute Gasteiger partial charge is 0.328 e. The number of nitrogens with zero attached hydrogens (tertiary/aromatic N) is 3. The van der Waals surface area contributed by atoms with Crippen LogP contribution < -0.4 is 5.56 Å². The minimum atomic E-state index is -0.157. The molecule has 0 aliphatic carbocycles. The van der Waals surface area contributed by atoms with E-state index in [2.05, 4.69) is 46.4 Å². The molecule has 3 aromatic heterocycles. The van der Waals surface area contributed by atoms with Crippen LogP contribution >= 0.6 is 0 Å². The molecule has 3 heterocycles. The van der Waals surface area contributed by atoms with Crippen LogP contribution in [0.15, 0.2) is 114 Å². The number of nitrogens with one attached hydrogen (secondary N) is 1. The van der Waals surface area contributed by atoms with Crippen molar-refractivity contribution < 1.29 is 0 Å². The molecule has 35 heavy (non-hydrogen) atoms. The fourth-order valence-corrected chi connectivity index (χ4v) is 4.55. The summed E-state index contributed by atoms with van der Waals surface area (Å²) in [5.74, 6) is 0.637. The summed E-state index contributed by atoms with van der Waals surface area (Å²) in [5.41, 5.74) is 8.45. The number of fused-ring (bicyclic) bond motifs is 1. The predicted molar refractivity (Wildman–Crippen MR) is 141 cm³/mol. The van der Waals surface area contributed by atoms with Crippen molar-refractivity contribution in [2.75, 3.05) is 0 Å². The normalized spacial score (nSPS) is 11.1. The number of hydrogen-bond donors (Lipinski definition) is 1. The molecule has 0 spiro atoms. The molecule has 0 unspecified atom stereocenters. The minimum Gasteiger partial charge on any atom is -0.328 e. The molecule has 0 aliphatic heterocycles. The third-order valence-corrected chi connectivity index (χ3v) is 6.28. The van der Waals surface area contributed by atoms with Gasteiger partial charge in [0.1, 0.15) is 5.82 Å². The van der Waals surface area contributed by atoms with E-state index in [-0.39, 0.29) is 5.56 Å². The van der Waals surface area contributed by atoms with Gasteiger partial charge in [0, 0.05) is 30.6 Å². The molecule has 0 radical (unpaired) electrons. The molecular weight excluding hydrogens is 432 g/mol. The maximum absolute atomic E-state index is 12.5. The van der Waals surface area contributed by atoms with Crippen molar-refractivity contribution in [1.29, 1.82) is 0 Å². The predicted octanol–water partition coefficient (Wildman–Crippen LogP) is 6.32. The molecule has 0 atom stereocenters. The van der Waals surface area contributed by atoms with Crippen molar-refractivity contribution in [3.8, 4) is 44.9 Å². The van der Waals surface area contributed by atoms with Gasteiger partial charge >= 0.3 is 0 Å². The van der Waals surface area contributed by atoms with Crippen molar-refractivity contribution in [1.82, 2.24) is 19.5 Å². The number of para-hydroxylation sites is 1. The smallest absolute Gasteiger partial charge is 0.258 e. The average Bonchev–Trinajstić information content (AvgIpc) is 3.26. The molecule has 0 amide bonds. The topological polar surface area (TPSA) is 63.6 Å². The molecule has 0 fully saturated rings. The summed E-state index contributed by atoms with van der Waals surface area (Å²) in [6.07, 6.45) is 3.45. The third kappa shape index (κ3) is 3.73. The number of rotatable bonds is 4. The van der Waals surface area contributed by atoms with E-state index >= 15 is 0 Å². The minimum absolute atomic E-state index is 0.157. The van der Waals surface area contributed by atoms with Gasteiger partial charge in [-0.25, -0.2) is 4.98 Å². The summed E-state index contributed by atoms with van der Waals surface area (Å²) in [6, 6.07) is 32.6. The summed E-state index contributed by atoms with van der Waals surface area (Å²) in [5, 5.41) is 0. The zero-order valence-electron chi connectivity index (χ0n) is 19.1. The zero-order valence-corrected chi connectivity index (χ0v) is 19.1. The van der Waals surface area contributed by atoms with Gasteiger partial charge in [-0.2, -0.15) is 0 Å². The van der Waals surface area contributed by atoms with Crippen molar-refractivity contribution in [2.24, 2.45) is 7.05 Å². The second-order valence-electron chi connectivity index (χ2n) is 8.46. The van der Waals surface area contributed by atoms with Crippen LogP contribution in [-0.4, -0.2) is 19.5 Å². The first-order valence-electron chi connectivity index (χ1n) is 11.4. The molecule has 1 N–H and O–H groups in total. The molecule has 0 bridgehead atoms. The van der Waals surface area contributed by atoms with Gasteiger partial charge in [0.2, 0.25) is 0 Å². The van der Waals surface area contributed by atoms with E-state index in [4.69, 9.17) is 4.98 Å². The highest BCUT2D eigenvalue weighted by atomic mass is 16.1. The number of pyridine rings is 2. The van der Waals surface area contributed by atoms with Crippen LogP contribution in [0.3, 0.4) is 0 Å². The summed E-state index contributed by atoms with van der Waals surface area (Å²) in [6.45, 7) is 0. The van der Waals surface area contributed by atoms with Crippen LogP contribution in [0, 0.1) is 0 Å². The summed E-state index contributed by atoms with van der Waals surface area (Å²) in [7, 11) is 1.95. The van der Waals surface area contributed by atoms with Crippen molar-refractivity contribution in [3.05, 3.63) is 120 Å². The third-order valence-electron chi connectivity index (χ3n) is 6.28. The molecule has 6 rings (SSSR count). The van der Waals surface area contributed by atoms with Gasteiger partial charge in [-0.05, 0) is 65.2 Å². The first-order valence-corrected chi connectivity index (χ1v) is 11.4. The van der Waals surface area contributed by atoms with E-state index in [1.54, 1.807) is 12.3 Å². The Morgan fingerprint density at radius 2 is 1.49 bits per heavy atom. The molecular formula is C30H22N4O. The number of aromatic amines is 1. The quantitative estimate of drug-likeness (QED) is 0.339. The van der Waals surface area contributed by atoms with Crippen LogP contribution in [0.25, 0.3) is 55.9 Å².